The second kappa shape index (κ2) is 8.48. The molecule has 1 unspecified atom stereocenters. The Morgan fingerprint density at radius 3 is 2.43 bits per heavy atom. The van der Waals surface area contributed by atoms with Gasteiger partial charge in [0, 0.05) is 18.3 Å². The van der Waals surface area contributed by atoms with E-state index in [1.807, 2.05) is 0 Å². The number of benzene rings is 2. The van der Waals surface area contributed by atoms with E-state index in [2.05, 4.69) is 66.8 Å². The summed E-state index contributed by atoms with van der Waals surface area (Å²) >= 11 is 0. The van der Waals surface area contributed by atoms with Gasteiger partial charge in [0.05, 0.1) is 0 Å². The molecule has 0 bridgehead atoms. The summed E-state index contributed by atoms with van der Waals surface area (Å²) in [5.41, 5.74) is 9.74. The van der Waals surface area contributed by atoms with Crippen molar-refractivity contribution in [1.29, 1.82) is 0 Å². The first-order chi connectivity index (χ1) is 10.3. The Morgan fingerprint density at radius 1 is 0.952 bits per heavy atom. The van der Waals surface area contributed by atoms with E-state index >= 15 is 0 Å². The molecule has 21 heavy (non-hydrogen) atoms. The second-order valence-electron chi connectivity index (χ2n) is 5.72. The quantitative estimate of drug-likeness (QED) is 0.712. The van der Waals surface area contributed by atoms with Crippen LogP contribution in [0.1, 0.15) is 37.3 Å². The van der Waals surface area contributed by atoms with Crippen LogP contribution in [0, 0.1) is 0 Å². The van der Waals surface area contributed by atoms with E-state index in [4.69, 9.17) is 5.73 Å². The Bertz CT molecular complexity index is 520. The molecule has 2 heteroatoms. The van der Waals surface area contributed by atoms with E-state index in [1.54, 1.807) is 0 Å². The molecule has 0 aliphatic heterocycles. The highest BCUT2D eigenvalue weighted by molar-refractivity contribution is 5.52. The van der Waals surface area contributed by atoms with Crippen LogP contribution in [0.4, 0.5) is 5.69 Å². The summed E-state index contributed by atoms with van der Waals surface area (Å²) in [5.74, 6) is 0. The molecular formula is C19H26N2. The largest absolute Gasteiger partial charge is 0.385 e. The zero-order valence-corrected chi connectivity index (χ0v) is 12.9. The van der Waals surface area contributed by atoms with Crippen molar-refractivity contribution in [2.75, 3.05) is 11.9 Å². The van der Waals surface area contributed by atoms with Crippen LogP contribution in [-0.4, -0.2) is 12.6 Å². The summed E-state index contributed by atoms with van der Waals surface area (Å²) in [4.78, 5) is 0. The SMILES string of the molecule is CC(N)CCCCNc1ccccc1Cc1ccccc1. The van der Waals surface area contributed by atoms with Crippen molar-refractivity contribution in [3.8, 4) is 0 Å². The summed E-state index contributed by atoms with van der Waals surface area (Å²) in [7, 11) is 0. The molecule has 0 saturated heterocycles. The van der Waals surface area contributed by atoms with Gasteiger partial charge in [-0.25, -0.2) is 0 Å². The van der Waals surface area contributed by atoms with Crippen LogP contribution in [0.5, 0.6) is 0 Å². The standard InChI is InChI=1S/C19H26N2/c1-16(20)9-7-8-14-21-19-13-6-5-12-18(19)15-17-10-3-2-4-11-17/h2-6,10-13,16,21H,7-9,14-15,20H2,1H3. The van der Waals surface area contributed by atoms with Gasteiger partial charge in [-0.2, -0.15) is 0 Å². The molecule has 0 fully saturated rings. The Kier molecular flexibility index (Phi) is 6.29. The van der Waals surface area contributed by atoms with Gasteiger partial charge >= 0.3 is 0 Å². The fraction of sp³-hybridized carbons (Fsp3) is 0.368. The lowest BCUT2D eigenvalue weighted by Crippen LogP contribution is -2.14. The number of anilines is 1. The fourth-order valence-corrected chi connectivity index (χ4v) is 2.48. The van der Waals surface area contributed by atoms with Crippen molar-refractivity contribution in [1.82, 2.24) is 0 Å². The highest BCUT2D eigenvalue weighted by atomic mass is 14.9. The first-order valence-corrected chi connectivity index (χ1v) is 7.87. The molecule has 0 saturated carbocycles. The maximum absolute atomic E-state index is 5.78. The number of unbranched alkanes of at least 4 members (excludes halogenated alkanes) is 1. The predicted molar refractivity (Wildman–Crippen MR) is 91.7 cm³/mol. The molecule has 112 valence electrons. The third-order valence-electron chi connectivity index (χ3n) is 3.66. The monoisotopic (exact) mass is 282 g/mol. The average Bonchev–Trinajstić information content (AvgIpc) is 2.49. The second-order valence-corrected chi connectivity index (χ2v) is 5.72. The minimum absolute atomic E-state index is 0.315. The van der Waals surface area contributed by atoms with Gasteiger partial charge in [-0.1, -0.05) is 55.0 Å². The molecule has 2 rings (SSSR count). The molecule has 0 radical (unpaired) electrons. The molecular weight excluding hydrogens is 256 g/mol. The zero-order chi connectivity index (χ0) is 14.9. The number of hydrogen-bond donors (Lipinski definition) is 2. The van der Waals surface area contributed by atoms with Crippen molar-refractivity contribution in [2.45, 2.75) is 38.6 Å². The Labute approximate surface area is 128 Å². The van der Waals surface area contributed by atoms with E-state index in [-0.39, 0.29) is 0 Å². The van der Waals surface area contributed by atoms with E-state index < -0.39 is 0 Å². The topological polar surface area (TPSA) is 38.0 Å². The average molecular weight is 282 g/mol. The maximum atomic E-state index is 5.78. The lowest BCUT2D eigenvalue weighted by Gasteiger charge is -2.12. The molecule has 0 aromatic heterocycles. The third-order valence-corrected chi connectivity index (χ3v) is 3.66. The van der Waals surface area contributed by atoms with Crippen molar-refractivity contribution >= 4 is 5.69 Å². The molecule has 3 N–H and O–H groups in total. The highest BCUT2D eigenvalue weighted by Gasteiger charge is 2.02. The number of para-hydroxylation sites is 1. The summed E-state index contributed by atoms with van der Waals surface area (Å²) in [6.45, 7) is 3.08. The number of rotatable bonds is 8. The fourth-order valence-electron chi connectivity index (χ4n) is 2.48. The summed E-state index contributed by atoms with van der Waals surface area (Å²) in [6, 6.07) is 19.5. The minimum atomic E-state index is 0.315. The first kappa shape index (κ1) is 15.6. The van der Waals surface area contributed by atoms with Crippen molar-refractivity contribution in [2.24, 2.45) is 5.73 Å². The van der Waals surface area contributed by atoms with Crippen LogP contribution in [-0.2, 0) is 6.42 Å². The number of nitrogens with two attached hydrogens (primary N) is 1. The summed E-state index contributed by atoms with van der Waals surface area (Å²) < 4.78 is 0. The van der Waals surface area contributed by atoms with Crippen LogP contribution in [0.3, 0.4) is 0 Å². The third kappa shape index (κ3) is 5.60. The normalized spacial score (nSPS) is 12.1. The van der Waals surface area contributed by atoms with Crippen LogP contribution in [0.15, 0.2) is 54.6 Å². The minimum Gasteiger partial charge on any atom is -0.385 e. The van der Waals surface area contributed by atoms with Gasteiger partial charge in [0.15, 0.2) is 0 Å². The Morgan fingerprint density at radius 2 is 1.67 bits per heavy atom. The molecule has 0 aliphatic rings. The number of hydrogen-bond acceptors (Lipinski definition) is 2. The first-order valence-electron chi connectivity index (χ1n) is 7.87. The van der Waals surface area contributed by atoms with Crippen LogP contribution < -0.4 is 11.1 Å². The summed E-state index contributed by atoms with van der Waals surface area (Å²) in [5, 5.41) is 3.57. The van der Waals surface area contributed by atoms with Crippen LogP contribution in [0.25, 0.3) is 0 Å². The van der Waals surface area contributed by atoms with Crippen LogP contribution >= 0.6 is 0 Å². The highest BCUT2D eigenvalue weighted by Crippen LogP contribution is 2.19. The molecule has 1 atom stereocenters. The molecule has 2 aromatic rings. The van der Waals surface area contributed by atoms with Gasteiger partial charge in [-0.15, -0.1) is 0 Å². The molecule has 2 nitrogen and oxygen atoms in total. The lowest BCUT2D eigenvalue weighted by molar-refractivity contribution is 0.607. The Hall–Kier alpha value is -1.80. The van der Waals surface area contributed by atoms with Crippen molar-refractivity contribution < 1.29 is 0 Å². The molecule has 0 amide bonds. The zero-order valence-electron chi connectivity index (χ0n) is 12.9. The lowest BCUT2D eigenvalue weighted by atomic mass is 10.0. The van der Waals surface area contributed by atoms with Gasteiger partial charge in [0.25, 0.3) is 0 Å². The van der Waals surface area contributed by atoms with Gasteiger partial charge < -0.3 is 11.1 Å². The Balaban J connectivity index is 1.88. The van der Waals surface area contributed by atoms with Crippen LogP contribution in [0.2, 0.25) is 0 Å². The number of nitrogens with one attached hydrogen (secondary N) is 1. The maximum Gasteiger partial charge on any atom is 0.0376 e. The molecule has 2 aromatic carbocycles. The van der Waals surface area contributed by atoms with Gasteiger partial charge in [0.2, 0.25) is 0 Å². The van der Waals surface area contributed by atoms with Crippen molar-refractivity contribution in [3.05, 3.63) is 65.7 Å². The van der Waals surface area contributed by atoms with E-state index in [0.29, 0.717) is 6.04 Å². The predicted octanol–water partition coefficient (Wildman–Crippen LogP) is 4.21. The molecule has 0 heterocycles. The van der Waals surface area contributed by atoms with Gasteiger partial charge in [-0.05, 0) is 43.4 Å². The van der Waals surface area contributed by atoms with E-state index in [1.165, 1.54) is 29.7 Å². The molecule has 0 aliphatic carbocycles. The van der Waals surface area contributed by atoms with E-state index in [9.17, 15) is 0 Å². The van der Waals surface area contributed by atoms with Crippen molar-refractivity contribution in [3.63, 3.8) is 0 Å². The van der Waals surface area contributed by atoms with E-state index in [0.717, 1.165) is 19.4 Å². The smallest absolute Gasteiger partial charge is 0.0376 e. The molecule has 0 spiro atoms. The van der Waals surface area contributed by atoms with Gasteiger partial charge in [-0.3, -0.25) is 0 Å². The van der Waals surface area contributed by atoms with Gasteiger partial charge in [0.1, 0.15) is 0 Å². The summed E-state index contributed by atoms with van der Waals surface area (Å²) in [6.07, 6.45) is 4.43.